The van der Waals surface area contributed by atoms with Gasteiger partial charge in [-0.05, 0) is 45.2 Å². The van der Waals surface area contributed by atoms with E-state index < -0.39 is 6.10 Å². The maximum absolute atomic E-state index is 12.7. The predicted molar refractivity (Wildman–Crippen MR) is 106 cm³/mol. The van der Waals surface area contributed by atoms with Gasteiger partial charge in [0.15, 0.2) is 11.6 Å². The van der Waals surface area contributed by atoms with Crippen LogP contribution in [0.4, 0.5) is 0 Å². The van der Waals surface area contributed by atoms with E-state index in [0.29, 0.717) is 16.7 Å². The summed E-state index contributed by atoms with van der Waals surface area (Å²) in [5.74, 6) is -0.501. The summed E-state index contributed by atoms with van der Waals surface area (Å²) in [5.41, 5.74) is 1.70. The standard InChI is InChI=1S/C17H13I2NO4/c18-12-6-20(5-9(22)8-21)7-13(19)14(12)15-16(23)10-3-1-2-4-11(10)17(15)24/h1-4,6-7,9,21-22H,5,8H2. The number of carbonyl (C=O) groups excluding carboxylic acids is 2. The quantitative estimate of drug-likeness (QED) is 0.345. The second kappa shape index (κ2) is 7.06. The minimum Gasteiger partial charge on any atom is -0.394 e. The van der Waals surface area contributed by atoms with E-state index in [1.54, 1.807) is 41.6 Å². The minimum absolute atomic E-state index is 0.194. The molecule has 1 unspecified atom stereocenters. The Labute approximate surface area is 166 Å². The van der Waals surface area contributed by atoms with Crippen molar-refractivity contribution in [3.63, 3.8) is 0 Å². The van der Waals surface area contributed by atoms with Crippen LogP contribution in [0.3, 0.4) is 0 Å². The molecule has 0 fully saturated rings. The molecule has 124 valence electrons. The summed E-state index contributed by atoms with van der Waals surface area (Å²) in [6, 6.07) is 6.84. The molecule has 5 nitrogen and oxygen atoms in total. The first-order chi connectivity index (χ1) is 11.4. The average molecular weight is 549 g/mol. The molecule has 1 aromatic rings. The number of benzene rings is 1. The van der Waals surface area contributed by atoms with Crippen LogP contribution < -0.4 is 0 Å². The number of Topliss-reactive ketones (excluding diaryl/α,β-unsaturated/α-hetero) is 2. The summed E-state index contributed by atoms with van der Waals surface area (Å²) in [6.45, 7) is -0.0915. The van der Waals surface area contributed by atoms with Gasteiger partial charge in [0, 0.05) is 36.3 Å². The van der Waals surface area contributed by atoms with Crippen molar-refractivity contribution in [3.8, 4) is 0 Å². The van der Waals surface area contributed by atoms with Gasteiger partial charge in [0.2, 0.25) is 0 Å². The largest absolute Gasteiger partial charge is 0.394 e. The molecular weight excluding hydrogens is 536 g/mol. The Bertz CT molecular complexity index is 767. The molecule has 0 saturated carbocycles. The molecule has 24 heavy (non-hydrogen) atoms. The number of aliphatic hydroxyl groups is 2. The third kappa shape index (κ3) is 3.09. The monoisotopic (exact) mass is 549 g/mol. The van der Waals surface area contributed by atoms with Crippen molar-refractivity contribution in [2.45, 2.75) is 6.10 Å². The fraction of sp³-hybridized carbons (Fsp3) is 0.176. The lowest BCUT2D eigenvalue weighted by Crippen LogP contribution is -2.29. The Hall–Kier alpha value is -1.04. The molecule has 0 radical (unpaired) electrons. The van der Waals surface area contributed by atoms with E-state index in [4.69, 9.17) is 5.11 Å². The van der Waals surface area contributed by atoms with Gasteiger partial charge in [0.25, 0.3) is 0 Å². The summed E-state index contributed by atoms with van der Waals surface area (Å²) in [7, 11) is 0. The fourth-order valence-electron chi connectivity index (χ4n) is 2.70. The average Bonchev–Trinajstić information content (AvgIpc) is 2.80. The maximum Gasteiger partial charge on any atom is 0.198 e. The van der Waals surface area contributed by atoms with Crippen LogP contribution in [0.5, 0.6) is 0 Å². The van der Waals surface area contributed by atoms with Gasteiger partial charge in [-0.25, -0.2) is 0 Å². The summed E-state index contributed by atoms with van der Waals surface area (Å²) in [5, 5.41) is 18.6. The Morgan fingerprint density at radius 1 is 0.958 bits per heavy atom. The number of hydrogen-bond acceptors (Lipinski definition) is 5. The Morgan fingerprint density at radius 2 is 1.46 bits per heavy atom. The molecule has 0 amide bonds. The smallest absolute Gasteiger partial charge is 0.198 e. The van der Waals surface area contributed by atoms with Gasteiger partial charge in [-0.1, -0.05) is 24.3 Å². The van der Waals surface area contributed by atoms with Crippen LogP contribution >= 0.6 is 45.2 Å². The van der Waals surface area contributed by atoms with E-state index in [1.165, 1.54) is 0 Å². The molecule has 1 atom stereocenters. The molecule has 2 N–H and O–H groups in total. The molecule has 0 bridgehead atoms. The van der Waals surface area contributed by atoms with Crippen LogP contribution in [-0.2, 0) is 0 Å². The fourth-order valence-corrected chi connectivity index (χ4v) is 5.05. The number of fused-ring (bicyclic) bond motifs is 1. The molecule has 2 aliphatic rings. The Morgan fingerprint density at radius 3 is 1.92 bits per heavy atom. The number of halogens is 2. The highest BCUT2D eigenvalue weighted by Gasteiger charge is 2.37. The van der Waals surface area contributed by atoms with Crippen molar-refractivity contribution in [1.82, 2.24) is 4.90 Å². The molecule has 7 heteroatoms. The zero-order valence-electron chi connectivity index (χ0n) is 12.4. The van der Waals surface area contributed by atoms with Crippen LogP contribution in [0.15, 0.2) is 55.0 Å². The van der Waals surface area contributed by atoms with Gasteiger partial charge >= 0.3 is 0 Å². The number of aliphatic hydroxyl groups excluding tert-OH is 2. The number of nitrogens with zero attached hydrogens (tertiary/aromatic N) is 1. The van der Waals surface area contributed by atoms with Crippen LogP contribution in [-0.4, -0.2) is 45.9 Å². The number of rotatable bonds is 3. The number of allylic oxidation sites excluding steroid dienone is 4. The normalized spacial score (nSPS) is 18.6. The maximum atomic E-state index is 12.7. The van der Waals surface area contributed by atoms with Gasteiger partial charge in [-0.3, -0.25) is 9.59 Å². The molecule has 1 heterocycles. The topological polar surface area (TPSA) is 77.8 Å². The molecule has 0 spiro atoms. The first-order valence-corrected chi connectivity index (χ1v) is 9.32. The lowest BCUT2D eigenvalue weighted by atomic mass is 10.0. The van der Waals surface area contributed by atoms with Crippen molar-refractivity contribution >= 4 is 56.7 Å². The summed E-state index contributed by atoms with van der Waals surface area (Å²) >= 11 is 4.17. The molecular formula is C17H13I2NO4. The zero-order valence-corrected chi connectivity index (χ0v) is 16.7. The van der Waals surface area contributed by atoms with Crippen LogP contribution in [0, 0.1) is 0 Å². The molecule has 0 aromatic heterocycles. The molecule has 1 aliphatic heterocycles. The van der Waals surface area contributed by atoms with E-state index in [2.05, 4.69) is 45.2 Å². The van der Waals surface area contributed by atoms with Crippen LogP contribution in [0.25, 0.3) is 0 Å². The minimum atomic E-state index is -0.862. The van der Waals surface area contributed by atoms with Gasteiger partial charge < -0.3 is 15.1 Å². The number of carbonyl (C=O) groups is 2. The second-order valence-electron chi connectivity index (χ2n) is 5.44. The highest BCUT2D eigenvalue weighted by Crippen LogP contribution is 2.40. The third-order valence-electron chi connectivity index (χ3n) is 3.79. The summed E-state index contributed by atoms with van der Waals surface area (Å²) < 4.78 is 1.49. The Kier molecular flexibility index (Phi) is 5.23. The highest BCUT2D eigenvalue weighted by molar-refractivity contribution is 14.1. The zero-order chi connectivity index (χ0) is 17.4. The third-order valence-corrected chi connectivity index (χ3v) is 5.42. The SMILES string of the molecule is O=C1C(=C2C(I)=CN(CC(O)CO)C=C2I)C(=O)c2ccccc21. The van der Waals surface area contributed by atoms with Crippen molar-refractivity contribution in [2.75, 3.05) is 13.2 Å². The van der Waals surface area contributed by atoms with Crippen molar-refractivity contribution in [1.29, 1.82) is 0 Å². The van der Waals surface area contributed by atoms with Crippen molar-refractivity contribution in [3.05, 3.63) is 66.1 Å². The second-order valence-corrected chi connectivity index (χ2v) is 7.77. The van der Waals surface area contributed by atoms with E-state index in [1.807, 2.05) is 0 Å². The number of hydrogen-bond donors (Lipinski definition) is 2. The predicted octanol–water partition coefficient (Wildman–Crippen LogP) is 2.58. The first kappa shape index (κ1) is 17.8. The van der Waals surface area contributed by atoms with Crippen LogP contribution in [0.2, 0.25) is 0 Å². The van der Waals surface area contributed by atoms with Crippen molar-refractivity contribution in [2.24, 2.45) is 0 Å². The van der Waals surface area contributed by atoms with Gasteiger partial charge in [-0.2, -0.15) is 0 Å². The van der Waals surface area contributed by atoms with E-state index in [-0.39, 0.29) is 30.3 Å². The van der Waals surface area contributed by atoms with E-state index >= 15 is 0 Å². The lowest BCUT2D eigenvalue weighted by molar-refractivity contribution is 0.0801. The van der Waals surface area contributed by atoms with Crippen molar-refractivity contribution < 1.29 is 19.8 Å². The highest BCUT2D eigenvalue weighted by atomic mass is 127. The first-order valence-electron chi connectivity index (χ1n) is 7.16. The number of ketones is 2. The molecule has 0 saturated heterocycles. The summed E-state index contributed by atoms with van der Waals surface area (Å²) in [6.07, 6.45) is 2.65. The van der Waals surface area contributed by atoms with Gasteiger partial charge in [0.1, 0.15) is 0 Å². The van der Waals surface area contributed by atoms with Gasteiger partial charge in [0.05, 0.1) is 24.8 Å². The van der Waals surface area contributed by atoms with E-state index in [9.17, 15) is 14.7 Å². The lowest BCUT2D eigenvalue weighted by Gasteiger charge is -2.25. The Balaban J connectivity index is 2.03. The summed E-state index contributed by atoms with van der Waals surface area (Å²) in [4.78, 5) is 27.1. The van der Waals surface area contributed by atoms with E-state index in [0.717, 1.165) is 7.16 Å². The molecule has 1 aliphatic carbocycles. The molecule has 1 aromatic carbocycles. The van der Waals surface area contributed by atoms with Crippen LogP contribution in [0.1, 0.15) is 20.7 Å². The number of β-amino-alcohol motifs (C(OH)–C–C–N with tert-alkyl or cyclic N) is 1. The molecule has 3 rings (SSSR count). The van der Waals surface area contributed by atoms with Gasteiger partial charge in [-0.15, -0.1) is 0 Å².